The summed E-state index contributed by atoms with van der Waals surface area (Å²) in [6.07, 6.45) is 0. The summed E-state index contributed by atoms with van der Waals surface area (Å²) in [4.78, 5) is 21.6. The number of ether oxygens (including phenoxy) is 1. The number of benzene rings is 1. The van der Waals surface area contributed by atoms with Crippen molar-refractivity contribution in [3.05, 3.63) is 46.5 Å². The number of methoxy groups -OCH3 is 1. The van der Waals surface area contributed by atoms with Gasteiger partial charge in [-0.2, -0.15) is 0 Å². The number of oxime groups is 1. The number of nitrogens with one attached hydrogen (secondary N) is 1. The van der Waals surface area contributed by atoms with Gasteiger partial charge in [0.05, 0.1) is 12.0 Å². The van der Waals surface area contributed by atoms with Crippen LogP contribution in [-0.2, 0) is 0 Å². The number of aromatic nitrogens is 2. The molecule has 0 aliphatic carbocycles. The molecular weight excluding hydrogens is 354 g/mol. The number of rotatable bonds is 5. The molecule has 0 aliphatic heterocycles. The van der Waals surface area contributed by atoms with Crippen LogP contribution in [-0.4, -0.2) is 40.4 Å². The second kappa shape index (κ2) is 7.36. The maximum absolute atomic E-state index is 12.1. The van der Waals surface area contributed by atoms with Crippen molar-refractivity contribution in [2.75, 3.05) is 19.4 Å². The lowest BCUT2D eigenvalue weighted by molar-refractivity contribution is 0.0960. The average molecular weight is 371 g/mol. The van der Waals surface area contributed by atoms with Crippen molar-refractivity contribution < 1.29 is 14.7 Å². The summed E-state index contributed by atoms with van der Waals surface area (Å²) < 4.78 is 5.14. The Labute approximate surface area is 153 Å². The van der Waals surface area contributed by atoms with Crippen LogP contribution in [0.15, 0.2) is 35.5 Å². The van der Waals surface area contributed by atoms with Crippen molar-refractivity contribution >= 4 is 39.1 Å². The summed E-state index contributed by atoms with van der Waals surface area (Å²) in [6, 6.07) is 8.66. The summed E-state index contributed by atoms with van der Waals surface area (Å²) in [6.45, 7) is 2.36. The second-order valence-electron chi connectivity index (χ2n) is 5.30. The number of nitrogen functional groups attached to an aromatic ring is 1. The number of thiophene rings is 1. The topological polar surface area (TPSA) is 123 Å². The largest absolute Gasteiger partial charge is 0.497 e. The van der Waals surface area contributed by atoms with E-state index in [2.05, 4.69) is 20.4 Å². The van der Waals surface area contributed by atoms with Gasteiger partial charge in [-0.25, -0.2) is 9.97 Å². The van der Waals surface area contributed by atoms with Gasteiger partial charge in [0.1, 0.15) is 22.0 Å². The minimum atomic E-state index is -0.202. The molecule has 0 radical (unpaired) electrons. The predicted molar refractivity (Wildman–Crippen MR) is 100 cm³/mol. The zero-order valence-corrected chi connectivity index (χ0v) is 15.0. The van der Waals surface area contributed by atoms with E-state index < -0.39 is 0 Å². The molecule has 0 saturated heterocycles. The lowest BCUT2D eigenvalue weighted by atomic mass is 10.0. The Balaban J connectivity index is 2.13. The fourth-order valence-corrected chi connectivity index (χ4v) is 3.42. The van der Waals surface area contributed by atoms with E-state index in [1.165, 1.54) is 11.3 Å². The van der Waals surface area contributed by atoms with Crippen LogP contribution < -0.4 is 15.8 Å². The number of carbonyl (C=O) groups excluding carboxylic acids is 1. The highest BCUT2D eigenvalue weighted by atomic mass is 32.1. The normalized spacial score (nSPS) is 11.5. The van der Waals surface area contributed by atoms with E-state index >= 15 is 0 Å². The van der Waals surface area contributed by atoms with Crippen molar-refractivity contribution in [2.45, 2.75) is 6.92 Å². The molecule has 9 heteroatoms. The summed E-state index contributed by atoms with van der Waals surface area (Å²) in [5, 5.41) is 16.3. The zero-order valence-electron chi connectivity index (χ0n) is 14.2. The fraction of sp³-hybridized carbons (Fsp3) is 0.176. The fourth-order valence-electron chi connectivity index (χ4n) is 2.47. The van der Waals surface area contributed by atoms with Crippen LogP contribution in [0.3, 0.4) is 0 Å². The highest BCUT2D eigenvalue weighted by Crippen LogP contribution is 2.28. The molecule has 1 amide bonds. The number of hydrogen-bond acceptors (Lipinski definition) is 8. The quantitative estimate of drug-likeness (QED) is 0.359. The molecule has 0 spiro atoms. The van der Waals surface area contributed by atoms with Gasteiger partial charge in [0.2, 0.25) is 5.95 Å². The van der Waals surface area contributed by atoms with E-state index in [1.54, 1.807) is 37.4 Å². The van der Waals surface area contributed by atoms with Crippen LogP contribution in [0.25, 0.3) is 10.2 Å². The molecule has 2 heterocycles. The van der Waals surface area contributed by atoms with Crippen LogP contribution in [0.5, 0.6) is 5.75 Å². The molecule has 134 valence electrons. The van der Waals surface area contributed by atoms with Crippen molar-refractivity contribution in [1.82, 2.24) is 15.3 Å². The molecule has 0 fully saturated rings. The van der Waals surface area contributed by atoms with Crippen LogP contribution in [0, 0.1) is 0 Å². The SMILES string of the molecule is CCNC(=O)c1cc2c(/C(=N\O)c3ccc(OC)cc3)nc(N)nc2s1. The number of nitrogens with two attached hydrogens (primary N) is 1. The molecule has 0 bridgehead atoms. The van der Waals surface area contributed by atoms with Crippen molar-refractivity contribution in [1.29, 1.82) is 0 Å². The molecule has 0 unspecified atom stereocenters. The smallest absolute Gasteiger partial charge is 0.261 e. The van der Waals surface area contributed by atoms with Gasteiger partial charge in [-0.15, -0.1) is 11.3 Å². The number of nitrogens with zero attached hydrogens (tertiary/aromatic N) is 3. The molecular formula is C17H17N5O3S. The summed E-state index contributed by atoms with van der Waals surface area (Å²) in [5.41, 5.74) is 7.02. The first-order chi connectivity index (χ1) is 12.6. The molecule has 2 aromatic heterocycles. The molecule has 0 aliphatic rings. The van der Waals surface area contributed by atoms with E-state index in [4.69, 9.17) is 10.5 Å². The lowest BCUT2D eigenvalue weighted by Crippen LogP contribution is -2.21. The minimum absolute atomic E-state index is 0.0338. The first-order valence-corrected chi connectivity index (χ1v) is 8.61. The zero-order chi connectivity index (χ0) is 18.7. The summed E-state index contributed by atoms with van der Waals surface area (Å²) in [7, 11) is 1.57. The second-order valence-corrected chi connectivity index (χ2v) is 6.33. The Bertz CT molecular complexity index is 982. The van der Waals surface area contributed by atoms with E-state index in [0.717, 1.165) is 0 Å². The minimum Gasteiger partial charge on any atom is -0.497 e. The van der Waals surface area contributed by atoms with Gasteiger partial charge < -0.3 is 21.0 Å². The summed E-state index contributed by atoms with van der Waals surface area (Å²) in [5.74, 6) is 0.505. The van der Waals surface area contributed by atoms with Crippen molar-refractivity contribution in [3.63, 3.8) is 0 Å². The molecule has 26 heavy (non-hydrogen) atoms. The van der Waals surface area contributed by atoms with Crippen molar-refractivity contribution in [3.8, 4) is 5.75 Å². The van der Waals surface area contributed by atoms with Crippen molar-refractivity contribution in [2.24, 2.45) is 5.16 Å². The predicted octanol–water partition coefficient (Wildman–Crippen LogP) is 2.26. The Morgan fingerprint density at radius 3 is 2.69 bits per heavy atom. The van der Waals surface area contributed by atoms with E-state index in [9.17, 15) is 10.0 Å². The van der Waals surface area contributed by atoms with Crippen LogP contribution >= 0.6 is 11.3 Å². The monoisotopic (exact) mass is 371 g/mol. The molecule has 3 rings (SSSR count). The van der Waals surface area contributed by atoms with Crippen LogP contribution in [0.1, 0.15) is 27.9 Å². The number of fused-ring (bicyclic) bond motifs is 1. The lowest BCUT2D eigenvalue weighted by Gasteiger charge is -2.07. The van der Waals surface area contributed by atoms with Gasteiger partial charge in [-0.05, 0) is 37.3 Å². The number of amides is 1. The van der Waals surface area contributed by atoms with E-state index in [1.807, 2.05) is 6.92 Å². The van der Waals surface area contributed by atoms with Gasteiger partial charge in [-0.1, -0.05) is 5.16 Å². The Morgan fingerprint density at radius 2 is 2.08 bits per heavy atom. The number of anilines is 1. The third kappa shape index (κ3) is 3.29. The first-order valence-electron chi connectivity index (χ1n) is 7.79. The number of hydrogen-bond donors (Lipinski definition) is 3. The Kier molecular flexibility index (Phi) is 4.99. The standard InChI is InChI=1S/C17H17N5O3S/c1-3-19-15(23)12-8-11-14(20-17(18)21-16(11)26-12)13(22-24)9-4-6-10(25-2)7-5-9/h4-8,24H,3H2,1-2H3,(H,19,23)(H2,18,20,21)/b22-13-. The van der Waals surface area contributed by atoms with Gasteiger partial charge in [0.15, 0.2) is 0 Å². The molecule has 3 aromatic rings. The average Bonchev–Trinajstić information content (AvgIpc) is 3.07. The van der Waals surface area contributed by atoms with Gasteiger partial charge in [0, 0.05) is 17.5 Å². The molecule has 0 atom stereocenters. The Hall–Kier alpha value is -3.20. The van der Waals surface area contributed by atoms with Gasteiger partial charge >= 0.3 is 0 Å². The molecule has 1 aromatic carbocycles. The first kappa shape index (κ1) is 17.6. The van der Waals surface area contributed by atoms with Crippen LogP contribution in [0.4, 0.5) is 5.95 Å². The third-order valence-electron chi connectivity index (χ3n) is 3.66. The van der Waals surface area contributed by atoms with Crippen LogP contribution in [0.2, 0.25) is 0 Å². The molecule has 8 nitrogen and oxygen atoms in total. The highest BCUT2D eigenvalue weighted by molar-refractivity contribution is 7.20. The van der Waals surface area contributed by atoms with E-state index in [0.29, 0.717) is 38.6 Å². The van der Waals surface area contributed by atoms with Gasteiger partial charge in [-0.3, -0.25) is 4.79 Å². The number of carbonyl (C=O) groups is 1. The van der Waals surface area contributed by atoms with Gasteiger partial charge in [0.25, 0.3) is 5.91 Å². The summed E-state index contributed by atoms with van der Waals surface area (Å²) >= 11 is 1.20. The highest BCUT2D eigenvalue weighted by Gasteiger charge is 2.19. The molecule has 4 N–H and O–H groups in total. The third-order valence-corrected chi connectivity index (χ3v) is 4.69. The maximum Gasteiger partial charge on any atom is 0.261 e. The molecule has 0 saturated carbocycles. The maximum atomic E-state index is 12.1. The van der Waals surface area contributed by atoms with E-state index in [-0.39, 0.29) is 17.6 Å². The Morgan fingerprint density at radius 1 is 1.35 bits per heavy atom.